The zero-order chi connectivity index (χ0) is 27.7. The summed E-state index contributed by atoms with van der Waals surface area (Å²) in [6.07, 6.45) is 8.56. The van der Waals surface area contributed by atoms with Crippen molar-refractivity contribution in [2.24, 2.45) is 5.92 Å². The summed E-state index contributed by atoms with van der Waals surface area (Å²) in [5.74, 6) is 0.346. The van der Waals surface area contributed by atoms with Crippen molar-refractivity contribution in [2.75, 3.05) is 13.1 Å². The zero-order valence-corrected chi connectivity index (χ0v) is 22.0. The lowest BCUT2D eigenvalue weighted by molar-refractivity contribution is -0.141. The van der Waals surface area contributed by atoms with Crippen LogP contribution in [0.15, 0.2) is 66.0 Å². The van der Waals surface area contributed by atoms with Gasteiger partial charge in [-0.25, -0.2) is 18.9 Å². The van der Waals surface area contributed by atoms with Gasteiger partial charge in [0.25, 0.3) is 5.56 Å². The van der Waals surface area contributed by atoms with E-state index in [1.807, 2.05) is 23.1 Å². The maximum Gasteiger partial charge on any atom is 0.296 e. The van der Waals surface area contributed by atoms with Crippen molar-refractivity contribution in [1.29, 1.82) is 0 Å². The SMILES string of the molecule is O=c1c2ncc(-c3ccc(F)cc3)n2ncn1CC1(O)CCN(C(=O)[C@H]2CC[C@@H](Oc3ccccn3)CC2)CC1. The fourth-order valence-electron chi connectivity index (χ4n) is 5.73. The summed E-state index contributed by atoms with van der Waals surface area (Å²) in [7, 11) is 0. The minimum absolute atomic E-state index is 0.0419. The molecule has 1 amide bonds. The molecule has 0 unspecified atom stereocenters. The van der Waals surface area contributed by atoms with Crippen molar-refractivity contribution in [3.05, 3.63) is 77.4 Å². The Morgan fingerprint density at radius 1 is 1.05 bits per heavy atom. The number of aliphatic hydroxyl groups is 1. The highest BCUT2D eigenvalue weighted by Crippen LogP contribution is 2.31. The standard InChI is InChI=1S/C29H31FN6O4/c30-22-8-4-20(5-9-22)24-17-32-26-28(38)35(19-33-36(24)26)18-29(39)12-15-34(16-13-29)27(37)21-6-10-23(11-7-21)40-25-3-1-2-14-31-25/h1-5,8-9,14,17,19,21,23,39H,6-7,10-13,15-16,18H2/t21-,23+. The number of hydrogen-bond donors (Lipinski definition) is 1. The van der Waals surface area contributed by atoms with Crippen LogP contribution in [0.25, 0.3) is 16.9 Å². The van der Waals surface area contributed by atoms with Crippen LogP contribution in [-0.4, -0.2) is 64.9 Å². The summed E-state index contributed by atoms with van der Waals surface area (Å²) in [5, 5.41) is 15.7. The predicted octanol–water partition coefficient (Wildman–Crippen LogP) is 3.08. The van der Waals surface area contributed by atoms with E-state index < -0.39 is 5.60 Å². The molecule has 208 valence electrons. The van der Waals surface area contributed by atoms with Crippen molar-refractivity contribution in [3.63, 3.8) is 0 Å². The second-order valence-corrected chi connectivity index (χ2v) is 10.8. The molecule has 1 N–H and O–H groups in total. The maximum atomic E-state index is 13.3. The highest BCUT2D eigenvalue weighted by atomic mass is 19.1. The van der Waals surface area contributed by atoms with Crippen LogP contribution in [-0.2, 0) is 11.3 Å². The Balaban J connectivity index is 1.05. The van der Waals surface area contributed by atoms with Crippen LogP contribution in [0.1, 0.15) is 38.5 Å². The van der Waals surface area contributed by atoms with Gasteiger partial charge in [-0.15, -0.1) is 0 Å². The first kappa shape index (κ1) is 26.1. The molecule has 40 heavy (non-hydrogen) atoms. The number of halogens is 1. The number of fused-ring (bicyclic) bond motifs is 1. The molecule has 0 radical (unpaired) electrons. The van der Waals surface area contributed by atoms with Crippen molar-refractivity contribution in [3.8, 4) is 17.1 Å². The summed E-state index contributed by atoms with van der Waals surface area (Å²) < 4.78 is 22.1. The van der Waals surface area contributed by atoms with E-state index in [4.69, 9.17) is 4.74 Å². The summed E-state index contributed by atoms with van der Waals surface area (Å²) in [4.78, 5) is 36.7. The molecular formula is C29H31FN6O4. The van der Waals surface area contributed by atoms with Gasteiger partial charge in [0.15, 0.2) is 0 Å². The van der Waals surface area contributed by atoms with Crippen molar-refractivity contribution < 1.29 is 19.0 Å². The Morgan fingerprint density at radius 3 is 2.50 bits per heavy atom. The van der Waals surface area contributed by atoms with Crippen LogP contribution in [0.3, 0.4) is 0 Å². The molecule has 1 saturated heterocycles. The molecule has 11 heteroatoms. The molecular weight excluding hydrogens is 515 g/mol. The van der Waals surface area contributed by atoms with E-state index in [-0.39, 0.29) is 41.5 Å². The first-order chi connectivity index (χ1) is 19.4. The van der Waals surface area contributed by atoms with E-state index in [0.717, 1.165) is 25.7 Å². The number of likely N-dealkylation sites (tertiary alicyclic amines) is 1. The molecule has 1 aliphatic carbocycles. The Labute approximate surface area is 230 Å². The van der Waals surface area contributed by atoms with Crippen LogP contribution in [0.4, 0.5) is 4.39 Å². The van der Waals surface area contributed by atoms with Crippen molar-refractivity contribution in [1.82, 2.24) is 29.0 Å². The highest BCUT2D eigenvalue weighted by molar-refractivity contribution is 5.79. The second-order valence-electron chi connectivity index (χ2n) is 10.8. The first-order valence-corrected chi connectivity index (χ1v) is 13.7. The average molecular weight is 547 g/mol. The van der Waals surface area contributed by atoms with E-state index >= 15 is 0 Å². The van der Waals surface area contributed by atoms with Gasteiger partial charge in [0, 0.05) is 36.8 Å². The Bertz CT molecular complexity index is 1540. The number of carbonyl (C=O) groups is 1. The number of aromatic nitrogens is 5. The lowest BCUT2D eigenvalue weighted by Gasteiger charge is -2.40. The van der Waals surface area contributed by atoms with Crippen LogP contribution in [0, 0.1) is 11.7 Å². The molecule has 3 aromatic heterocycles. The minimum Gasteiger partial charge on any atom is -0.474 e. The number of nitrogens with zero attached hydrogens (tertiary/aromatic N) is 6. The number of benzene rings is 1. The lowest BCUT2D eigenvalue weighted by atomic mass is 9.85. The summed E-state index contributed by atoms with van der Waals surface area (Å²) in [6, 6.07) is 11.5. The van der Waals surface area contributed by atoms with Crippen LogP contribution in [0.5, 0.6) is 5.88 Å². The van der Waals surface area contributed by atoms with Gasteiger partial charge >= 0.3 is 0 Å². The summed E-state index contributed by atoms with van der Waals surface area (Å²) in [6.45, 7) is 0.927. The molecule has 0 atom stereocenters. The van der Waals surface area contributed by atoms with Gasteiger partial charge in [0.05, 0.1) is 24.0 Å². The van der Waals surface area contributed by atoms with E-state index in [1.54, 1.807) is 18.3 Å². The number of hydrogen-bond acceptors (Lipinski definition) is 7. The predicted molar refractivity (Wildman–Crippen MR) is 144 cm³/mol. The van der Waals surface area contributed by atoms with Gasteiger partial charge < -0.3 is 14.7 Å². The largest absolute Gasteiger partial charge is 0.474 e. The quantitative estimate of drug-likeness (QED) is 0.395. The number of carbonyl (C=O) groups excluding carboxylic acids is 1. The number of rotatable bonds is 6. The van der Waals surface area contributed by atoms with Gasteiger partial charge in [-0.05, 0) is 68.9 Å². The molecule has 6 rings (SSSR count). The third-order valence-corrected chi connectivity index (χ3v) is 8.06. The molecule has 1 aliphatic heterocycles. The van der Waals surface area contributed by atoms with Gasteiger partial charge in [0.2, 0.25) is 17.4 Å². The third-order valence-electron chi connectivity index (χ3n) is 8.06. The molecule has 4 aromatic rings. The molecule has 1 saturated carbocycles. The smallest absolute Gasteiger partial charge is 0.296 e. The van der Waals surface area contributed by atoms with Crippen LogP contribution in [0.2, 0.25) is 0 Å². The highest BCUT2D eigenvalue weighted by Gasteiger charge is 2.37. The lowest BCUT2D eigenvalue weighted by Crippen LogP contribution is -2.51. The first-order valence-electron chi connectivity index (χ1n) is 13.7. The molecule has 4 heterocycles. The fourth-order valence-corrected chi connectivity index (χ4v) is 5.73. The Morgan fingerprint density at radius 2 is 1.80 bits per heavy atom. The van der Waals surface area contributed by atoms with Gasteiger partial charge in [0.1, 0.15) is 18.2 Å². The molecule has 2 aliphatic rings. The second kappa shape index (κ2) is 10.8. The van der Waals surface area contributed by atoms with Gasteiger partial charge in [-0.2, -0.15) is 5.10 Å². The van der Waals surface area contributed by atoms with E-state index in [2.05, 4.69) is 15.1 Å². The zero-order valence-electron chi connectivity index (χ0n) is 22.0. The maximum absolute atomic E-state index is 13.3. The molecule has 10 nitrogen and oxygen atoms in total. The Hall–Kier alpha value is -4.12. The van der Waals surface area contributed by atoms with Crippen LogP contribution >= 0.6 is 0 Å². The molecule has 0 bridgehead atoms. The Kier molecular flexibility index (Phi) is 7.05. The molecule has 0 spiro atoms. The number of imidazole rings is 1. The fraction of sp³-hybridized carbons (Fsp3) is 0.414. The third kappa shape index (κ3) is 5.33. The minimum atomic E-state index is -1.14. The monoisotopic (exact) mass is 546 g/mol. The van der Waals surface area contributed by atoms with E-state index in [9.17, 15) is 19.1 Å². The van der Waals surface area contributed by atoms with E-state index in [0.29, 0.717) is 43.1 Å². The molecule has 1 aromatic carbocycles. The number of amides is 1. The van der Waals surface area contributed by atoms with Crippen molar-refractivity contribution >= 4 is 11.6 Å². The molecule has 2 fully saturated rings. The normalized spacial score (nSPS) is 20.9. The van der Waals surface area contributed by atoms with Crippen molar-refractivity contribution in [2.45, 2.75) is 56.8 Å². The summed E-state index contributed by atoms with van der Waals surface area (Å²) in [5.41, 5.74) is -0.132. The average Bonchev–Trinajstić information content (AvgIpc) is 3.41. The van der Waals surface area contributed by atoms with E-state index in [1.165, 1.54) is 33.7 Å². The topological polar surface area (TPSA) is 115 Å². The van der Waals surface area contributed by atoms with Gasteiger partial charge in [-0.3, -0.25) is 14.2 Å². The summed E-state index contributed by atoms with van der Waals surface area (Å²) >= 11 is 0. The number of ether oxygens (including phenoxy) is 1. The number of piperidine rings is 1. The number of pyridine rings is 1. The van der Waals surface area contributed by atoms with Gasteiger partial charge in [-0.1, -0.05) is 6.07 Å². The van der Waals surface area contributed by atoms with Crippen LogP contribution < -0.4 is 10.3 Å².